The SMILES string of the molecule is NC1CCCN(S(=O)(=O)c2ccc(Br)cc2F)C1. The molecule has 0 bridgehead atoms. The van der Waals surface area contributed by atoms with Gasteiger partial charge in [-0.2, -0.15) is 4.31 Å². The number of rotatable bonds is 2. The highest BCUT2D eigenvalue weighted by atomic mass is 79.9. The summed E-state index contributed by atoms with van der Waals surface area (Å²) in [7, 11) is -3.78. The average Bonchev–Trinajstić information content (AvgIpc) is 2.28. The van der Waals surface area contributed by atoms with Crippen LogP contribution in [0.2, 0.25) is 0 Å². The van der Waals surface area contributed by atoms with E-state index in [0.717, 1.165) is 12.5 Å². The normalized spacial score (nSPS) is 22.1. The number of hydrogen-bond donors (Lipinski definition) is 1. The van der Waals surface area contributed by atoms with Crippen molar-refractivity contribution in [2.45, 2.75) is 23.8 Å². The van der Waals surface area contributed by atoms with Crippen LogP contribution in [0, 0.1) is 5.82 Å². The van der Waals surface area contributed by atoms with Crippen molar-refractivity contribution in [3.8, 4) is 0 Å². The van der Waals surface area contributed by atoms with E-state index in [1.807, 2.05) is 0 Å². The molecule has 7 heteroatoms. The summed E-state index contributed by atoms with van der Waals surface area (Å²) in [6, 6.07) is 3.76. The Hall–Kier alpha value is -0.500. The van der Waals surface area contributed by atoms with Crippen LogP contribution in [0.4, 0.5) is 4.39 Å². The molecule has 100 valence electrons. The molecule has 2 rings (SSSR count). The van der Waals surface area contributed by atoms with Crippen LogP contribution in [0.25, 0.3) is 0 Å². The Balaban J connectivity index is 2.35. The molecule has 1 fully saturated rings. The number of piperidine rings is 1. The number of nitrogens with zero attached hydrogens (tertiary/aromatic N) is 1. The summed E-state index contributed by atoms with van der Waals surface area (Å²) in [5.41, 5.74) is 5.75. The summed E-state index contributed by atoms with van der Waals surface area (Å²) < 4.78 is 40.1. The second-order valence-electron chi connectivity index (χ2n) is 4.34. The van der Waals surface area contributed by atoms with E-state index in [1.54, 1.807) is 0 Å². The van der Waals surface area contributed by atoms with Crippen LogP contribution >= 0.6 is 15.9 Å². The van der Waals surface area contributed by atoms with Gasteiger partial charge in [0.15, 0.2) is 0 Å². The van der Waals surface area contributed by atoms with Crippen LogP contribution in [0.15, 0.2) is 27.6 Å². The molecule has 0 amide bonds. The van der Waals surface area contributed by atoms with Gasteiger partial charge in [-0.15, -0.1) is 0 Å². The first-order chi connectivity index (χ1) is 8.41. The van der Waals surface area contributed by atoms with Crippen molar-refractivity contribution in [1.29, 1.82) is 0 Å². The number of hydrogen-bond acceptors (Lipinski definition) is 3. The molecule has 1 saturated heterocycles. The van der Waals surface area contributed by atoms with Crippen LogP contribution < -0.4 is 5.73 Å². The van der Waals surface area contributed by atoms with Gasteiger partial charge in [0.2, 0.25) is 10.0 Å². The number of benzene rings is 1. The number of halogens is 2. The Morgan fingerprint density at radius 2 is 2.17 bits per heavy atom. The molecule has 0 aromatic heterocycles. The highest BCUT2D eigenvalue weighted by Gasteiger charge is 2.30. The van der Waals surface area contributed by atoms with E-state index in [2.05, 4.69) is 15.9 Å². The minimum Gasteiger partial charge on any atom is -0.327 e. The largest absolute Gasteiger partial charge is 0.327 e. The van der Waals surface area contributed by atoms with Crippen molar-refractivity contribution in [3.63, 3.8) is 0 Å². The predicted octanol–water partition coefficient (Wildman–Crippen LogP) is 1.70. The second-order valence-corrected chi connectivity index (χ2v) is 7.16. The summed E-state index contributed by atoms with van der Waals surface area (Å²) in [6.07, 6.45) is 1.51. The fourth-order valence-electron chi connectivity index (χ4n) is 2.02. The third-order valence-electron chi connectivity index (χ3n) is 2.93. The highest BCUT2D eigenvalue weighted by Crippen LogP contribution is 2.24. The van der Waals surface area contributed by atoms with Crippen molar-refractivity contribution in [3.05, 3.63) is 28.5 Å². The van der Waals surface area contributed by atoms with Crippen molar-refractivity contribution in [2.75, 3.05) is 13.1 Å². The van der Waals surface area contributed by atoms with Gasteiger partial charge < -0.3 is 5.73 Å². The van der Waals surface area contributed by atoms with Crippen molar-refractivity contribution in [2.24, 2.45) is 5.73 Å². The quantitative estimate of drug-likeness (QED) is 0.893. The summed E-state index contributed by atoms with van der Waals surface area (Å²) in [4.78, 5) is -0.292. The molecule has 1 unspecified atom stereocenters. The monoisotopic (exact) mass is 336 g/mol. The summed E-state index contributed by atoms with van der Waals surface area (Å²) in [6.45, 7) is 0.642. The van der Waals surface area contributed by atoms with Gasteiger partial charge in [-0.25, -0.2) is 12.8 Å². The van der Waals surface area contributed by atoms with Crippen LogP contribution in [-0.4, -0.2) is 31.9 Å². The fourth-order valence-corrected chi connectivity index (χ4v) is 3.93. The second kappa shape index (κ2) is 5.24. The Bertz CT molecular complexity index is 550. The van der Waals surface area contributed by atoms with E-state index in [4.69, 9.17) is 5.73 Å². The van der Waals surface area contributed by atoms with Crippen molar-refractivity contribution < 1.29 is 12.8 Å². The molecular weight excluding hydrogens is 323 g/mol. The van der Waals surface area contributed by atoms with E-state index in [0.29, 0.717) is 17.4 Å². The Morgan fingerprint density at radius 1 is 1.44 bits per heavy atom. The fraction of sp³-hybridized carbons (Fsp3) is 0.455. The van der Waals surface area contributed by atoms with Gasteiger partial charge in [0, 0.05) is 23.6 Å². The van der Waals surface area contributed by atoms with Gasteiger partial charge in [0.1, 0.15) is 10.7 Å². The number of nitrogens with two attached hydrogens (primary N) is 1. The Morgan fingerprint density at radius 3 is 2.78 bits per heavy atom. The van der Waals surface area contributed by atoms with Crippen LogP contribution in [0.5, 0.6) is 0 Å². The lowest BCUT2D eigenvalue weighted by molar-refractivity contribution is 0.315. The lowest BCUT2D eigenvalue weighted by Gasteiger charge is -2.29. The zero-order valence-electron chi connectivity index (χ0n) is 9.64. The topological polar surface area (TPSA) is 63.4 Å². The molecule has 1 aliphatic heterocycles. The van der Waals surface area contributed by atoms with Crippen molar-refractivity contribution >= 4 is 26.0 Å². The maximum Gasteiger partial charge on any atom is 0.246 e. The van der Waals surface area contributed by atoms with E-state index < -0.39 is 15.8 Å². The van der Waals surface area contributed by atoms with Gasteiger partial charge in [-0.3, -0.25) is 0 Å². The van der Waals surface area contributed by atoms with E-state index >= 15 is 0 Å². The molecule has 1 heterocycles. The van der Waals surface area contributed by atoms with Gasteiger partial charge in [-0.1, -0.05) is 15.9 Å². The lowest BCUT2D eigenvalue weighted by Crippen LogP contribution is -2.45. The molecule has 1 aromatic carbocycles. The summed E-state index contributed by atoms with van der Waals surface area (Å²) in [5.74, 6) is -0.747. The molecular formula is C11H14BrFN2O2S. The molecule has 0 radical (unpaired) electrons. The molecule has 0 aliphatic carbocycles. The zero-order chi connectivity index (χ0) is 13.3. The lowest BCUT2D eigenvalue weighted by atomic mass is 10.1. The highest BCUT2D eigenvalue weighted by molar-refractivity contribution is 9.10. The molecule has 4 nitrogen and oxygen atoms in total. The summed E-state index contributed by atoms with van der Waals surface area (Å²) in [5, 5.41) is 0. The first-order valence-corrected chi connectivity index (χ1v) is 7.85. The van der Waals surface area contributed by atoms with E-state index in [1.165, 1.54) is 16.4 Å². The van der Waals surface area contributed by atoms with E-state index in [-0.39, 0.29) is 17.5 Å². The molecule has 1 atom stereocenters. The first-order valence-electron chi connectivity index (χ1n) is 5.62. The Kier molecular flexibility index (Phi) is 4.05. The molecule has 1 aromatic rings. The van der Waals surface area contributed by atoms with Gasteiger partial charge in [0.25, 0.3) is 0 Å². The first kappa shape index (κ1) is 13.9. The maximum atomic E-state index is 13.7. The van der Waals surface area contributed by atoms with Crippen LogP contribution in [0.1, 0.15) is 12.8 Å². The van der Waals surface area contributed by atoms with Crippen LogP contribution in [-0.2, 0) is 10.0 Å². The Labute approximate surface area is 114 Å². The molecule has 1 aliphatic rings. The van der Waals surface area contributed by atoms with Crippen LogP contribution in [0.3, 0.4) is 0 Å². The summed E-state index contributed by atoms with van der Waals surface area (Å²) >= 11 is 3.10. The minimum absolute atomic E-state index is 0.174. The average molecular weight is 337 g/mol. The number of sulfonamides is 1. The van der Waals surface area contributed by atoms with Gasteiger partial charge >= 0.3 is 0 Å². The van der Waals surface area contributed by atoms with Crippen molar-refractivity contribution in [1.82, 2.24) is 4.31 Å². The molecule has 0 saturated carbocycles. The predicted molar refractivity (Wildman–Crippen MR) is 70.1 cm³/mol. The third kappa shape index (κ3) is 2.74. The molecule has 2 N–H and O–H groups in total. The maximum absolute atomic E-state index is 13.7. The molecule has 18 heavy (non-hydrogen) atoms. The smallest absolute Gasteiger partial charge is 0.246 e. The minimum atomic E-state index is -3.78. The van der Waals surface area contributed by atoms with E-state index in [9.17, 15) is 12.8 Å². The molecule has 0 spiro atoms. The zero-order valence-corrected chi connectivity index (χ0v) is 12.0. The third-order valence-corrected chi connectivity index (χ3v) is 5.32. The standard InChI is InChI=1S/C11H14BrFN2O2S/c12-8-3-4-11(10(13)6-8)18(16,17)15-5-1-2-9(14)7-15/h3-4,6,9H,1-2,5,7,14H2. The van der Waals surface area contributed by atoms with Gasteiger partial charge in [-0.05, 0) is 31.0 Å². The van der Waals surface area contributed by atoms with Gasteiger partial charge in [0.05, 0.1) is 0 Å².